The average Bonchev–Trinajstić information content (AvgIpc) is 3.21. The van der Waals surface area contributed by atoms with Crippen LogP contribution in [-0.2, 0) is 9.59 Å². The maximum atomic E-state index is 12.9. The number of carbonyl (C=O) groups excluding carboxylic acids is 3. The van der Waals surface area contributed by atoms with Crippen LogP contribution in [0.4, 0.5) is 4.39 Å². The van der Waals surface area contributed by atoms with Crippen molar-refractivity contribution in [2.24, 2.45) is 5.92 Å². The highest BCUT2D eigenvalue weighted by Gasteiger charge is 2.36. The minimum Gasteiger partial charge on any atom is -0.353 e. The zero-order valence-electron chi connectivity index (χ0n) is 17.4. The van der Waals surface area contributed by atoms with Crippen molar-refractivity contribution < 1.29 is 18.8 Å². The number of nitrogens with zero attached hydrogens (tertiary/aromatic N) is 1. The summed E-state index contributed by atoms with van der Waals surface area (Å²) < 4.78 is 12.9. The molecule has 0 bridgehead atoms. The number of carbonyl (C=O) groups is 3. The fourth-order valence-corrected chi connectivity index (χ4v) is 3.67. The largest absolute Gasteiger partial charge is 0.353 e. The molecule has 0 aromatic heterocycles. The van der Waals surface area contributed by atoms with E-state index in [1.165, 1.54) is 24.3 Å². The molecule has 7 heteroatoms. The molecule has 0 saturated carbocycles. The van der Waals surface area contributed by atoms with Crippen LogP contribution in [0.2, 0.25) is 0 Å². The highest BCUT2D eigenvalue weighted by atomic mass is 19.1. The Morgan fingerprint density at radius 3 is 2.48 bits per heavy atom. The quantitative estimate of drug-likeness (QED) is 0.588. The van der Waals surface area contributed by atoms with E-state index in [1.54, 1.807) is 4.90 Å². The van der Waals surface area contributed by atoms with Crippen molar-refractivity contribution in [3.05, 3.63) is 35.6 Å². The molecule has 2 rings (SSSR count). The number of benzene rings is 1. The predicted molar refractivity (Wildman–Crippen MR) is 110 cm³/mol. The fourth-order valence-electron chi connectivity index (χ4n) is 3.67. The Kier molecular flexibility index (Phi) is 9.09. The summed E-state index contributed by atoms with van der Waals surface area (Å²) in [6, 6.07) is 4.85. The van der Waals surface area contributed by atoms with Gasteiger partial charge in [0.1, 0.15) is 11.9 Å². The van der Waals surface area contributed by atoms with E-state index in [0.29, 0.717) is 18.5 Å². The van der Waals surface area contributed by atoms with Gasteiger partial charge in [0.2, 0.25) is 11.8 Å². The minimum absolute atomic E-state index is 0.0154. The second-order valence-electron chi connectivity index (χ2n) is 7.49. The standard InChI is InChI=1S/C22H32FN3O3/c1-3-5-7-16(4-2)22(29)26-15-6-8-19(26)21(28)25-14-13-24-20(27)17-9-11-18(23)12-10-17/h9-12,16,19H,3-8,13-15H2,1-2H3,(H,24,27)(H,25,28)/t16-,19+/m1/s1. The molecule has 29 heavy (non-hydrogen) atoms. The van der Waals surface area contributed by atoms with E-state index < -0.39 is 11.9 Å². The van der Waals surface area contributed by atoms with E-state index in [2.05, 4.69) is 17.6 Å². The molecule has 0 spiro atoms. The van der Waals surface area contributed by atoms with Crippen LogP contribution in [0.25, 0.3) is 0 Å². The summed E-state index contributed by atoms with van der Waals surface area (Å²) in [4.78, 5) is 39.2. The monoisotopic (exact) mass is 405 g/mol. The second kappa shape index (κ2) is 11.5. The van der Waals surface area contributed by atoms with Crippen LogP contribution in [0.3, 0.4) is 0 Å². The lowest BCUT2D eigenvalue weighted by atomic mass is 9.97. The summed E-state index contributed by atoms with van der Waals surface area (Å²) in [5, 5.41) is 5.51. The van der Waals surface area contributed by atoms with Crippen LogP contribution < -0.4 is 10.6 Å². The normalized spacial score (nSPS) is 17.1. The summed E-state index contributed by atoms with van der Waals surface area (Å²) in [5.41, 5.74) is 0.364. The van der Waals surface area contributed by atoms with Crippen molar-refractivity contribution >= 4 is 17.7 Å². The van der Waals surface area contributed by atoms with Gasteiger partial charge in [-0.2, -0.15) is 0 Å². The Morgan fingerprint density at radius 2 is 1.83 bits per heavy atom. The van der Waals surface area contributed by atoms with Crippen molar-refractivity contribution in [3.63, 3.8) is 0 Å². The van der Waals surface area contributed by atoms with E-state index in [4.69, 9.17) is 0 Å². The van der Waals surface area contributed by atoms with Gasteiger partial charge in [-0.1, -0.05) is 26.7 Å². The molecule has 3 amide bonds. The lowest BCUT2D eigenvalue weighted by Crippen LogP contribution is -2.49. The van der Waals surface area contributed by atoms with Crippen molar-refractivity contribution in [1.82, 2.24) is 15.5 Å². The Morgan fingerprint density at radius 1 is 1.14 bits per heavy atom. The molecule has 2 N–H and O–H groups in total. The summed E-state index contributed by atoms with van der Waals surface area (Å²) in [5.74, 6) is -0.818. The SMILES string of the molecule is CCCC[C@@H](CC)C(=O)N1CCC[C@H]1C(=O)NCCNC(=O)c1ccc(F)cc1. The Balaban J connectivity index is 1.79. The maximum Gasteiger partial charge on any atom is 0.251 e. The number of hydrogen-bond donors (Lipinski definition) is 2. The number of halogens is 1. The summed E-state index contributed by atoms with van der Waals surface area (Å²) in [7, 11) is 0. The van der Waals surface area contributed by atoms with Crippen molar-refractivity contribution in [1.29, 1.82) is 0 Å². The first-order valence-corrected chi connectivity index (χ1v) is 10.6. The molecule has 1 aliphatic rings. The lowest BCUT2D eigenvalue weighted by molar-refractivity contribution is -0.141. The number of unbranched alkanes of at least 4 members (excludes halogenated alkanes) is 1. The van der Waals surface area contributed by atoms with Crippen LogP contribution in [0, 0.1) is 11.7 Å². The van der Waals surface area contributed by atoms with Gasteiger partial charge in [0.15, 0.2) is 0 Å². The predicted octanol–water partition coefficient (Wildman–Crippen LogP) is 2.88. The van der Waals surface area contributed by atoms with E-state index in [-0.39, 0.29) is 36.7 Å². The van der Waals surface area contributed by atoms with Crippen molar-refractivity contribution in [2.45, 2.75) is 58.4 Å². The van der Waals surface area contributed by atoms with Gasteiger partial charge in [-0.15, -0.1) is 0 Å². The molecule has 1 aromatic rings. The van der Waals surface area contributed by atoms with Crippen LogP contribution in [-0.4, -0.2) is 48.3 Å². The Bertz CT molecular complexity index is 693. The third-order valence-electron chi connectivity index (χ3n) is 5.40. The van der Waals surface area contributed by atoms with E-state index in [1.807, 2.05) is 6.92 Å². The number of nitrogens with one attached hydrogen (secondary N) is 2. The molecule has 1 aliphatic heterocycles. The van der Waals surface area contributed by atoms with Gasteiger partial charge in [-0.05, 0) is 49.9 Å². The van der Waals surface area contributed by atoms with E-state index in [9.17, 15) is 18.8 Å². The molecule has 1 heterocycles. The first-order valence-electron chi connectivity index (χ1n) is 10.6. The van der Waals surface area contributed by atoms with Crippen LogP contribution in [0.15, 0.2) is 24.3 Å². The summed E-state index contributed by atoms with van der Waals surface area (Å²) >= 11 is 0. The first-order chi connectivity index (χ1) is 14.0. The van der Waals surface area contributed by atoms with E-state index in [0.717, 1.165) is 32.1 Å². The molecule has 160 valence electrons. The van der Waals surface area contributed by atoms with Gasteiger partial charge in [-0.25, -0.2) is 4.39 Å². The van der Waals surface area contributed by atoms with Crippen LogP contribution in [0.5, 0.6) is 0 Å². The molecule has 1 saturated heterocycles. The minimum atomic E-state index is -0.425. The Labute approximate surface area is 172 Å². The molecule has 6 nitrogen and oxygen atoms in total. The third kappa shape index (κ3) is 6.54. The van der Waals surface area contributed by atoms with Gasteiger partial charge in [0, 0.05) is 31.1 Å². The lowest BCUT2D eigenvalue weighted by Gasteiger charge is -2.28. The molecule has 1 fully saturated rings. The zero-order valence-corrected chi connectivity index (χ0v) is 17.4. The Hall–Kier alpha value is -2.44. The number of hydrogen-bond acceptors (Lipinski definition) is 3. The average molecular weight is 406 g/mol. The van der Waals surface area contributed by atoms with Gasteiger partial charge in [0.05, 0.1) is 0 Å². The molecular weight excluding hydrogens is 373 g/mol. The summed E-state index contributed by atoms with van der Waals surface area (Å²) in [6.45, 7) is 5.29. The molecule has 0 radical (unpaired) electrons. The van der Waals surface area contributed by atoms with Crippen molar-refractivity contribution in [2.75, 3.05) is 19.6 Å². The smallest absolute Gasteiger partial charge is 0.251 e. The molecule has 1 aromatic carbocycles. The summed E-state index contributed by atoms with van der Waals surface area (Å²) in [6.07, 6.45) is 5.23. The third-order valence-corrected chi connectivity index (χ3v) is 5.40. The first kappa shape index (κ1) is 22.8. The van der Waals surface area contributed by atoms with Gasteiger partial charge in [0.25, 0.3) is 5.91 Å². The molecule has 0 unspecified atom stereocenters. The second-order valence-corrected chi connectivity index (χ2v) is 7.49. The van der Waals surface area contributed by atoms with Gasteiger partial charge in [-0.3, -0.25) is 14.4 Å². The van der Waals surface area contributed by atoms with Gasteiger partial charge < -0.3 is 15.5 Å². The number of rotatable bonds is 10. The molecule has 2 atom stereocenters. The van der Waals surface area contributed by atoms with Crippen LogP contribution in [0.1, 0.15) is 62.7 Å². The molecule has 0 aliphatic carbocycles. The molecular formula is C22H32FN3O3. The number of amides is 3. The highest BCUT2D eigenvalue weighted by Crippen LogP contribution is 2.23. The van der Waals surface area contributed by atoms with Crippen molar-refractivity contribution in [3.8, 4) is 0 Å². The highest BCUT2D eigenvalue weighted by molar-refractivity contribution is 5.94. The van der Waals surface area contributed by atoms with Crippen LogP contribution >= 0.6 is 0 Å². The fraction of sp³-hybridized carbons (Fsp3) is 0.591. The topological polar surface area (TPSA) is 78.5 Å². The number of likely N-dealkylation sites (tertiary alicyclic amines) is 1. The van der Waals surface area contributed by atoms with E-state index >= 15 is 0 Å². The van der Waals surface area contributed by atoms with Gasteiger partial charge >= 0.3 is 0 Å². The zero-order chi connectivity index (χ0) is 21.2. The maximum absolute atomic E-state index is 12.9.